The van der Waals surface area contributed by atoms with E-state index in [9.17, 15) is 4.79 Å². The van der Waals surface area contributed by atoms with Gasteiger partial charge in [-0.2, -0.15) is 11.8 Å². The fourth-order valence-corrected chi connectivity index (χ4v) is 3.21. The highest BCUT2D eigenvalue weighted by Gasteiger charge is 2.10. The molecule has 0 aromatic heterocycles. The smallest absolute Gasteiger partial charge is 0.251 e. The van der Waals surface area contributed by atoms with Crippen LogP contribution in [-0.2, 0) is 12.2 Å². The summed E-state index contributed by atoms with van der Waals surface area (Å²) in [5.74, 6) is 3.28. The second-order valence-electron chi connectivity index (χ2n) is 5.49. The Morgan fingerprint density at radius 2 is 1.84 bits per heavy atom. The summed E-state index contributed by atoms with van der Waals surface area (Å²) in [6, 6.07) is 13.6. The van der Waals surface area contributed by atoms with Gasteiger partial charge in [-0.1, -0.05) is 31.2 Å². The highest BCUT2D eigenvalue weighted by Crippen LogP contribution is 2.27. The molecule has 1 N–H and O–H groups in total. The number of nitrogens with one attached hydrogen (secondary N) is 1. The van der Waals surface area contributed by atoms with E-state index in [0.29, 0.717) is 18.0 Å². The van der Waals surface area contributed by atoms with Crippen LogP contribution in [-0.4, -0.2) is 32.4 Å². The number of methoxy groups -OCH3 is 2. The van der Waals surface area contributed by atoms with Crippen LogP contribution >= 0.6 is 11.8 Å². The van der Waals surface area contributed by atoms with Gasteiger partial charge in [0, 0.05) is 17.9 Å². The van der Waals surface area contributed by atoms with Gasteiger partial charge >= 0.3 is 0 Å². The molecule has 4 nitrogen and oxygen atoms in total. The molecule has 2 aromatic carbocycles. The van der Waals surface area contributed by atoms with Crippen molar-refractivity contribution >= 4 is 17.7 Å². The maximum atomic E-state index is 12.5. The van der Waals surface area contributed by atoms with Gasteiger partial charge in [0.2, 0.25) is 0 Å². The molecule has 0 bridgehead atoms. The number of hydrogen-bond donors (Lipinski definition) is 1. The third-order valence-corrected chi connectivity index (χ3v) is 4.79. The van der Waals surface area contributed by atoms with E-state index >= 15 is 0 Å². The minimum absolute atomic E-state index is 0.0206. The van der Waals surface area contributed by atoms with E-state index in [2.05, 4.69) is 12.2 Å². The molecular formula is C20H25NO3S. The van der Waals surface area contributed by atoms with Crippen molar-refractivity contribution in [3.8, 4) is 11.5 Å². The Balaban J connectivity index is 1.95. The van der Waals surface area contributed by atoms with Crippen LogP contribution in [0.5, 0.6) is 11.5 Å². The first kappa shape index (κ1) is 19.2. The van der Waals surface area contributed by atoms with E-state index in [4.69, 9.17) is 9.47 Å². The van der Waals surface area contributed by atoms with E-state index < -0.39 is 0 Å². The predicted molar refractivity (Wildman–Crippen MR) is 104 cm³/mol. The minimum Gasteiger partial charge on any atom is -0.493 e. The molecule has 0 aliphatic carbocycles. The average Bonchev–Trinajstić information content (AvgIpc) is 2.66. The van der Waals surface area contributed by atoms with Crippen LogP contribution < -0.4 is 14.8 Å². The first-order valence-corrected chi connectivity index (χ1v) is 9.49. The molecular weight excluding hydrogens is 334 g/mol. The molecule has 0 atom stereocenters. The van der Waals surface area contributed by atoms with Crippen molar-refractivity contribution < 1.29 is 14.3 Å². The molecule has 0 aliphatic heterocycles. The number of hydrogen-bond acceptors (Lipinski definition) is 4. The maximum absolute atomic E-state index is 12.5. The number of carbonyl (C=O) groups excluding carboxylic acids is 1. The molecule has 2 rings (SSSR count). The number of thioether (sulfide) groups is 1. The van der Waals surface area contributed by atoms with Gasteiger partial charge in [-0.15, -0.1) is 0 Å². The average molecular weight is 359 g/mol. The summed E-state index contributed by atoms with van der Waals surface area (Å²) in [6.07, 6.45) is 0.734. The zero-order valence-electron chi connectivity index (χ0n) is 15.0. The zero-order chi connectivity index (χ0) is 18.1. The highest BCUT2D eigenvalue weighted by molar-refractivity contribution is 7.98. The molecule has 1 amide bonds. The van der Waals surface area contributed by atoms with Crippen molar-refractivity contribution in [1.82, 2.24) is 5.32 Å². The lowest BCUT2D eigenvalue weighted by Crippen LogP contribution is -2.26. The van der Waals surface area contributed by atoms with Crippen LogP contribution in [0.15, 0.2) is 42.5 Å². The van der Waals surface area contributed by atoms with Crippen LogP contribution in [0.2, 0.25) is 0 Å². The van der Waals surface area contributed by atoms with Crippen molar-refractivity contribution in [3.05, 3.63) is 59.2 Å². The normalized spacial score (nSPS) is 10.4. The summed E-state index contributed by atoms with van der Waals surface area (Å²) in [4.78, 5) is 12.5. The van der Waals surface area contributed by atoms with Crippen molar-refractivity contribution in [2.24, 2.45) is 0 Å². The first-order chi connectivity index (χ1) is 12.2. The third-order valence-electron chi connectivity index (χ3n) is 3.87. The van der Waals surface area contributed by atoms with Crippen molar-refractivity contribution in [3.63, 3.8) is 0 Å². The van der Waals surface area contributed by atoms with E-state index in [1.165, 1.54) is 0 Å². The van der Waals surface area contributed by atoms with Gasteiger partial charge in [0.25, 0.3) is 5.91 Å². The number of amides is 1. The lowest BCUT2D eigenvalue weighted by molar-refractivity contribution is 0.0953. The van der Waals surface area contributed by atoms with Crippen molar-refractivity contribution in [2.45, 2.75) is 19.1 Å². The van der Waals surface area contributed by atoms with Gasteiger partial charge in [-0.25, -0.2) is 0 Å². The Labute approximate surface area is 153 Å². The standard InChI is InChI=1S/C20H25NO3S/c1-4-25-14-16-7-5-6-8-17(16)20(22)21-12-11-15-9-10-18(23-2)19(13-15)24-3/h5-10,13H,4,11-12,14H2,1-3H3,(H,21,22). The molecule has 0 radical (unpaired) electrons. The molecule has 0 saturated carbocycles. The topological polar surface area (TPSA) is 47.6 Å². The molecule has 0 unspecified atom stereocenters. The minimum atomic E-state index is -0.0206. The molecule has 25 heavy (non-hydrogen) atoms. The van der Waals surface area contributed by atoms with E-state index in [1.54, 1.807) is 14.2 Å². The van der Waals surface area contributed by atoms with E-state index in [-0.39, 0.29) is 5.91 Å². The summed E-state index contributed by atoms with van der Waals surface area (Å²) >= 11 is 1.82. The Bertz CT molecular complexity index is 703. The van der Waals surface area contributed by atoms with Crippen LogP contribution in [0.4, 0.5) is 0 Å². The third kappa shape index (κ3) is 5.43. The number of rotatable bonds is 9. The van der Waals surface area contributed by atoms with Crippen LogP contribution in [0, 0.1) is 0 Å². The Kier molecular flexibility index (Phi) is 7.67. The van der Waals surface area contributed by atoms with Crippen molar-refractivity contribution in [2.75, 3.05) is 26.5 Å². The second kappa shape index (κ2) is 9.99. The SMILES string of the molecule is CCSCc1ccccc1C(=O)NCCc1ccc(OC)c(OC)c1. The highest BCUT2D eigenvalue weighted by atomic mass is 32.2. The fraction of sp³-hybridized carbons (Fsp3) is 0.350. The molecule has 134 valence electrons. The van der Waals surface area contributed by atoms with Gasteiger partial charge in [0.05, 0.1) is 14.2 Å². The summed E-state index contributed by atoms with van der Waals surface area (Å²) in [7, 11) is 3.24. The number of benzene rings is 2. The quantitative estimate of drug-likeness (QED) is 0.737. The summed E-state index contributed by atoms with van der Waals surface area (Å²) in [5, 5.41) is 3.01. The van der Waals surface area contributed by atoms with Crippen LogP contribution in [0.3, 0.4) is 0 Å². The summed E-state index contributed by atoms with van der Waals surface area (Å²) < 4.78 is 10.6. The first-order valence-electron chi connectivity index (χ1n) is 8.34. The maximum Gasteiger partial charge on any atom is 0.251 e. The molecule has 0 saturated heterocycles. The Hall–Kier alpha value is -2.14. The number of ether oxygens (including phenoxy) is 2. The van der Waals surface area contributed by atoms with Gasteiger partial charge in [-0.05, 0) is 41.5 Å². The lowest BCUT2D eigenvalue weighted by Gasteiger charge is -2.11. The predicted octanol–water partition coefficient (Wildman–Crippen LogP) is 3.93. The van der Waals surface area contributed by atoms with Crippen LogP contribution in [0.1, 0.15) is 28.4 Å². The molecule has 0 aliphatic rings. The monoisotopic (exact) mass is 359 g/mol. The zero-order valence-corrected chi connectivity index (χ0v) is 15.8. The van der Waals surface area contributed by atoms with Gasteiger partial charge < -0.3 is 14.8 Å². The molecule has 0 fully saturated rings. The Morgan fingerprint density at radius 3 is 2.56 bits per heavy atom. The van der Waals surface area contributed by atoms with Gasteiger partial charge in [0.15, 0.2) is 11.5 Å². The summed E-state index contributed by atoms with van der Waals surface area (Å²) in [5.41, 5.74) is 2.93. The van der Waals surface area contributed by atoms with Crippen molar-refractivity contribution in [1.29, 1.82) is 0 Å². The van der Waals surface area contributed by atoms with Crippen LogP contribution in [0.25, 0.3) is 0 Å². The van der Waals surface area contributed by atoms with Gasteiger partial charge in [0.1, 0.15) is 0 Å². The van der Waals surface area contributed by atoms with E-state index in [1.807, 2.05) is 54.2 Å². The molecule has 5 heteroatoms. The fourth-order valence-electron chi connectivity index (χ4n) is 2.53. The number of carbonyl (C=O) groups is 1. The molecule has 0 spiro atoms. The molecule has 2 aromatic rings. The lowest BCUT2D eigenvalue weighted by atomic mass is 10.1. The summed E-state index contributed by atoms with van der Waals surface area (Å²) in [6.45, 7) is 2.69. The largest absolute Gasteiger partial charge is 0.493 e. The Morgan fingerprint density at radius 1 is 1.08 bits per heavy atom. The molecule has 0 heterocycles. The van der Waals surface area contributed by atoms with E-state index in [0.717, 1.165) is 34.6 Å². The second-order valence-corrected chi connectivity index (χ2v) is 6.76. The van der Waals surface area contributed by atoms with Gasteiger partial charge in [-0.3, -0.25) is 4.79 Å².